The first-order chi connectivity index (χ1) is 13.8. The number of carbonyl (C=O) groups excluding carboxylic acids is 2. The minimum absolute atomic E-state index is 0.0535. The van der Waals surface area contributed by atoms with Gasteiger partial charge in [-0.25, -0.2) is 8.78 Å². The predicted molar refractivity (Wildman–Crippen MR) is 110 cm³/mol. The topological polar surface area (TPSA) is 40.6 Å². The molecule has 2 heterocycles. The molecule has 1 saturated heterocycles. The van der Waals surface area contributed by atoms with Crippen molar-refractivity contribution in [1.82, 2.24) is 9.80 Å². The highest BCUT2D eigenvalue weighted by Gasteiger charge is 2.29. The van der Waals surface area contributed by atoms with Crippen LogP contribution in [0.3, 0.4) is 0 Å². The fourth-order valence-electron chi connectivity index (χ4n) is 3.27. The average molecular weight is 455 g/mol. The molecule has 1 aliphatic heterocycles. The second-order valence-corrected chi connectivity index (χ2v) is 8.43. The smallest absolute Gasteiger partial charge is 0.265 e. The molecule has 29 heavy (non-hydrogen) atoms. The van der Waals surface area contributed by atoms with Crippen LogP contribution >= 0.6 is 34.5 Å². The molecule has 0 atom stereocenters. The number of halogens is 4. The average Bonchev–Trinajstić information content (AvgIpc) is 3.03. The molecular formula is C20H14Cl2F2N2O2S. The van der Waals surface area contributed by atoms with Gasteiger partial charge < -0.3 is 9.80 Å². The van der Waals surface area contributed by atoms with E-state index < -0.39 is 5.82 Å². The Morgan fingerprint density at radius 2 is 1.45 bits per heavy atom. The van der Waals surface area contributed by atoms with Crippen LogP contribution in [-0.2, 0) is 0 Å². The molecule has 2 aromatic carbocycles. The van der Waals surface area contributed by atoms with Crippen LogP contribution in [0.5, 0.6) is 0 Å². The van der Waals surface area contributed by atoms with Gasteiger partial charge in [0.05, 0.1) is 15.6 Å². The maximum absolute atomic E-state index is 13.4. The minimum atomic E-state index is -0.512. The maximum atomic E-state index is 13.4. The van der Waals surface area contributed by atoms with Gasteiger partial charge in [-0.05, 0) is 36.4 Å². The van der Waals surface area contributed by atoms with Gasteiger partial charge in [0.15, 0.2) is 0 Å². The molecule has 9 heteroatoms. The highest BCUT2D eigenvalue weighted by molar-refractivity contribution is 7.21. The van der Waals surface area contributed by atoms with Crippen molar-refractivity contribution >= 4 is 56.4 Å². The summed E-state index contributed by atoms with van der Waals surface area (Å²) in [6.45, 7) is 1.27. The van der Waals surface area contributed by atoms with E-state index in [1.54, 1.807) is 15.9 Å². The summed E-state index contributed by atoms with van der Waals surface area (Å²) in [5.41, 5.74) is 0.224. The van der Waals surface area contributed by atoms with Crippen molar-refractivity contribution in [2.45, 2.75) is 0 Å². The van der Waals surface area contributed by atoms with E-state index in [2.05, 4.69) is 0 Å². The molecule has 0 spiro atoms. The van der Waals surface area contributed by atoms with Gasteiger partial charge in [-0.3, -0.25) is 9.59 Å². The second-order valence-electron chi connectivity index (χ2n) is 6.59. The van der Waals surface area contributed by atoms with Gasteiger partial charge in [-0.1, -0.05) is 23.2 Å². The van der Waals surface area contributed by atoms with Gasteiger partial charge in [-0.2, -0.15) is 0 Å². The van der Waals surface area contributed by atoms with Crippen LogP contribution in [-0.4, -0.2) is 47.8 Å². The van der Waals surface area contributed by atoms with Crippen molar-refractivity contribution in [3.63, 3.8) is 0 Å². The van der Waals surface area contributed by atoms with Crippen LogP contribution in [0.2, 0.25) is 10.0 Å². The SMILES string of the molecule is O=C(c1ccc(F)cc1Cl)N1CCN(C(=O)c2sc3cc(F)ccc3c2Cl)CC1. The Kier molecular flexibility index (Phi) is 5.46. The first-order valence-corrected chi connectivity index (χ1v) is 10.3. The highest BCUT2D eigenvalue weighted by atomic mass is 35.5. The molecule has 0 radical (unpaired) electrons. The van der Waals surface area contributed by atoms with E-state index in [0.29, 0.717) is 46.2 Å². The number of nitrogens with zero attached hydrogens (tertiary/aromatic N) is 2. The Morgan fingerprint density at radius 3 is 2.10 bits per heavy atom. The van der Waals surface area contributed by atoms with Crippen LogP contribution in [0.15, 0.2) is 36.4 Å². The predicted octanol–water partition coefficient (Wildman–Crippen LogP) is 5.08. The first-order valence-electron chi connectivity index (χ1n) is 8.76. The van der Waals surface area contributed by atoms with Gasteiger partial charge in [-0.15, -0.1) is 11.3 Å². The van der Waals surface area contributed by atoms with Crippen molar-refractivity contribution in [3.05, 3.63) is 68.5 Å². The fourth-order valence-corrected chi connectivity index (χ4v) is 5.02. The molecule has 1 aromatic heterocycles. The van der Waals surface area contributed by atoms with Crippen LogP contribution in [0.4, 0.5) is 8.78 Å². The molecule has 2 amide bonds. The number of fused-ring (bicyclic) bond motifs is 1. The summed E-state index contributed by atoms with van der Waals surface area (Å²) in [4.78, 5) is 29.1. The van der Waals surface area contributed by atoms with Gasteiger partial charge in [0, 0.05) is 36.3 Å². The number of benzene rings is 2. The van der Waals surface area contributed by atoms with E-state index in [1.165, 1.54) is 24.3 Å². The quantitative estimate of drug-likeness (QED) is 0.541. The molecule has 4 rings (SSSR count). The molecule has 0 bridgehead atoms. The monoisotopic (exact) mass is 454 g/mol. The Bertz CT molecular complexity index is 1130. The molecular weight excluding hydrogens is 441 g/mol. The first kappa shape index (κ1) is 20.1. The number of thiophene rings is 1. The van der Waals surface area contributed by atoms with Crippen LogP contribution in [0.1, 0.15) is 20.0 Å². The van der Waals surface area contributed by atoms with Crippen molar-refractivity contribution in [3.8, 4) is 0 Å². The molecule has 1 fully saturated rings. The summed E-state index contributed by atoms with van der Waals surface area (Å²) >= 11 is 13.5. The van der Waals surface area contributed by atoms with Crippen molar-refractivity contribution in [2.75, 3.05) is 26.2 Å². The molecule has 3 aromatic rings. The Hall–Kier alpha value is -2.22. The normalized spacial score (nSPS) is 14.5. The summed E-state index contributed by atoms with van der Waals surface area (Å²) in [6.07, 6.45) is 0. The third kappa shape index (κ3) is 3.82. The molecule has 0 saturated carbocycles. The Labute approximate surface area is 179 Å². The molecule has 0 N–H and O–H groups in total. The molecule has 150 valence electrons. The van der Waals surface area contributed by atoms with Crippen LogP contribution in [0, 0.1) is 11.6 Å². The van der Waals surface area contributed by atoms with E-state index in [4.69, 9.17) is 23.2 Å². The minimum Gasteiger partial charge on any atom is -0.335 e. The van der Waals surface area contributed by atoms with Gasteiger partial charge in [0.25, 0.3) is 11.8 Å². The number of hydrogen-bond acceptors (Lipinski definition) is 3. The Morgan fingerprint density at radius 1 is 0.862 bits per heavy atom. The van der Waals surface area contributed by atoms with Crippen molar-refractivity contribution in [1.29, 1.82) is 0 Å². The van der Waals surface area contributed by atoms with Gasteiger partial charge in [0.1, 0.15) is 16.5 Å². The van der Waals surface area contributed by atoms with Gasteiger partial charge in [0.2, 0.25) is 0 Å². The number of amides is 2. The van der Waals surface area contributed by atoms with Crippen molar-refractivity contribution in [2.24, 2.45) is 0 Å². The standard InChI is InChI=1S/C20H14Cl2F2N2O2S/c21-15-9-11(23)1-3-13(15)19(27)25-5-7-26(8-6-25)20(28)18-17(22)14-4-2-12(24)10-16(14)29-18/h1-4,9-10H,5-8H2. The summed E-state index contributed by atoms with van der Waals surface area (Å²) in [5.74, 6) is -1.45. The summed E-state index contributed by atoms with van der Waals surface area (Å²) in [5, 5.41) is 1.01. The lowest BCUT2D eigenvalue weighted by Crippen LogP contribution is -2.50. The van der Waals surface area contributed by atoms with Crippen molar-refractivity contribution < 1.29 is 18.4 Å². The summed E-state index contributed by atoms with van der Waals surface area (Å²) in [7, 11) is 0. The maximum Gasteiger partial charge on any atom is 0.265 e. The summed E-state index contributed by atoms with van der Waals surface area (Å²) < 4.78 is 27.3. The molecule has 0 aliphatic carbocycles. The lowest BCUT2D eigenvalue weighted by molar-refractivity contribution is 0.0538. The molecule has 4 nitrogen and oxygen atoms in total. The zero-order chi connectivity index (χ0) is 20.7. The third-order valence-corrected chi connectivity index (χ3v) is 6.76. The molecule has 0 unspecified atom stereocenters. The third-order valence-electron chi connectivity index (χ3n) is 4.80. The number of hydrogen-bond donors (Lipinski definition) is 0. The van der Waals surface area contributed by atoms with Crippen LogP contribution in [0.25, 0.3) is 10.1 Å². The van der Waals surface area contributed by atoms with Crippen LogP contribution < -0.4 is 0 Å². The lowest BCUT2D eigenvalue weighted by atomic mass is 10.1. The van der Waals surface area contributed by atoms with Gasteiger partial charge >= 0.3 is 0 Å². The number of piperazine rings is 1. The zero-order valence-electron chi connectivity index (χ0n) is 14.9. The number of rotatable bonds is 2. The van der Waals surface area contributed by atoms with E-state index in [0.717, 1.165) is 17.4 Å². The van der Waals surface area contributed by atoms with E-state index >= 15 is 0 Å². The second kappa shape index (κ2) is 7.89. The lowest BCUT2D eigenvalue weighted by Gasteiger charge is -2.34. The Balaban J connectivity index is 1.47. The number of carbonyl (C=O) groups is 2. The highest BCUT2D eigenvalue weighted by Crippen LogP contribution is 2.36. The summed E-state index contributed by atoms with van der Waals surface area (Å²) in [6, 6.07) is 7.86. The van der Waals surface area contributed by atoms with E-state index in [-0.39, 0.29) is 28.2 Å². The zero-order valence-corrected chi connectivity index (χ0v) is 17.3. The van der Waals surface area contributed by atoms with E-state index in [1.807, 2.05) is 0 Å². The van der Waals surface area contributed by atoms with E-state index in [9.17, 15) is 18.4 Å². The molecule has 1 aliphatic rings. The largest absolute Gasteiger partial charge is 0.335 e. The fraction of sp³-hybridized carbons (Fsp3) is 0.200.